The lowest BCUT2D eigenvalue weighted by Crippen LogP contribution is -2.34. The minimum absolute atomic E-state index is 0.0529. The van der Waals surface area contributed by atoms with Crippen molar-refractivity contribution in [3.05, 3.63) is 41.4 Å². The van der Waals surface area contributed by atoms with Crippen molar-refractivity contribution in [2.75, 3.05) is 18.6 Å². The molecule has 126 valence electrons. The topological polar surface area (TPSA) is 64.1 Å². The molecule has 0 radical (unpaired) electrons. The Morgan fingerprint density at radius 1 is 1.38 bits per heavy atom. The first-order valence-corrected chi connectivity index (χ1v) is 9.44. The van der Waals surface area contributed by atoms with Gasteiger partial charge in [-0.15, -0.1) is 0 Å². The van der Waals surface area contributed by atoms with Crippen LogP contribution in [0.25, 0.3) is 11.1 Å². The van der Waals surface area contributed by atoms with Gasteiger partial charge in [-0.2, -0.15) is 11.8 Å². The lowest BCUT2D eigenvalue weighted by atomic mass is 10.0. The molecule has 1 aromatic carbocycles. The summed E-state index contributed by atoms with van der Waals surface area (Å²) < 4.78 is 5.90. The van der Waals surface area contributed by atoms with E-state index in [0.717, 1.165) is 28.9 Å². The lowest BCUT2D eigenvalue weighted by molar-refractivity contribution is -0.121. The summed E-state index contributed by atoms with van der Waals surface area (Å²) in [6.07, 6.45) is 8.16. The minimum Gasteiger partial charge on any atom is -0.486 e. The number of nitrogens with zero attached hydrogens (tertiary/aromatic N) is 2. The van der Waals surface area contributed by atoms with Crippen LogP contribution in [0.1, 0.15) is 12.0 Å². The second-order valence-electron chi connectivity index (χ2n) is 5.56. The molecule has 5 nitrogen and oxygen atoms in total. The number of benzene rings is 1. The van der Waals surface area contributed by atoms with E-state index in [0.29, 0.717) is 23.7 Å². The smallest absolute Gasteiger partial charge is 0.220 e. The first-order valence-electron chi connectivity index (χ1n) is 7.67. The van der Waals surface area contributed by atoms with E-state index in [1.807, 2.05) is 12.3 Å². The van der Waals surface area contributed by atoms with Crippen LogP contribution in [0.3, 0.4) is 0 Å². The molecule has 0 unspecified atom stereocenters. The van der Waals surface area contributed by atoms with Crippen molar-refractivity contribution in [1.29, 1.82) is 0 Å². The highest BCUT2D eigenvalue weighted by molar-refractivity contribution is 7.98. The average Bonchev–Trinajstić information content (AvgIpc) is 3.02. The summed E-state index contributed by atoms with van der Waals surface area (Å²) in [4.78, 5) is 19.8. The molecule has 24 heavy (non-hydrogen) atoms. The Hall–Kier alpha value is -1.79. The van der Waals surface area contributed by atoms with Crippen LogP contribution >= 0.6 is 23.4 Å². The number of amides is 1. The number of nitrogens with one attached hydrogen (secondary N) is 1. The number of carbonyl (C=O) groups excluding carboxylic acids is 1. The van der Waals surface area contributed by atoms with Crippen molar-refractivity contribution in [2.45, 2.75) is 18.9 Å². The molecule has 2 heterocycles. The molecule has 0 saturated carbocycles. The molecule has 7 heteroatoms. The van der Waals surface area contributed by atoms with E-state index in [-0.39, 0.29) is 12.0 Å². The Morgan fingerprint density at radius 2 is 2.17 bits per heavy atom. The zero-order valence-electron chi connectivity index (χ0n) is 13.3. The highest BCUT2D eigenvalue weighted by Gasteiger charge is 2.26. The number of aromatic nitrogens is 2. The maximum atomic E-state index is 11.7. The van der Waals surface area contributed by atoms with Crippen LogP contribution in [0.2, 0.25) is 5.02 Å². The summed E-state index contributed by atoms with van der Waals surface area (Å²) in [6, 6.07) is 3.91. The SMILES string of the molecule is CSCCC(=O)NC[C@H]1Cc2cc(-c3cncnc3)cc(Cl)c2O1. The molecule has 1 aromatic heterocycles. The number of carbonyl (C=O) groups is 1. The maximum Gasteiger partial charge on any atom is 0.220 e. The van der Waals surface area contributed by atoms with Crippen molar-refractivity contribution in [2.24, 2.45) is 0 Å². The average molecular weight is 364 g/mol. The van der Waals surface area contributed by atoms with Crippen LogP contribution in [0, 0.1) is 0 Å². The van der Waals surface area contributed by atoms with Crippen molar-refractivity contribution < 1.29 is 9.53 Å². The Morgan fingerprint density at radius 3 is 2.92 bits per heavy atom. The van der Waals surface area contributed by atoms with E-state index < -0.39 is 0 Å². The largest absolute Gasteiger partial charge is 0.486 e. The van der Waals surface area contributed by atoms with Gasteiger partial charge in [0.05, 0.1) is 11.6 Å². The molecule has 1 aliphatic heterocycles. The highest BCUT2D eigenvalue weighted by atomic mass is 35.5. The van der Waals surface area contributed by atoms with E-state index in [1.54, 1.807) is 24.2 Å². The van der Waals surface area contributed by atoms with Crippen LogP contribution in [-0.4, -0.2) is 40.5 Å². The van der Waals surface area contributed by atoms with Crippen molar-refractivity contribution >= 4 is 29.3 Å². The van der Waals surface area contributed by atoms with Crippen molar-refractivity contribution in [1.82, 2.24) is 15.3 Å². The van der Waals surface area contributed by atoms with Crippen LogP contribution in [0.4, 0.5) is 0 Å². The molecule has 1 aliphatic rings. The second-order valence-corrected chi connectivity index (χ2v) is 6.96. The van der Waals surface area contributed by atoms with E-state index in [1.165, 1.54) is 6.33 Å². The molecule has 1 amide bonds. The molecule has 0 aliphatic carbocycles. The van der Waals surface area contributed by atoms with Gasteiger partial charge < -0.3 is 10.1 Å². The van der Waals surface area contributed by atoms with E-state index in [2.05, 4.69) is 21.4 Å². The number of halogens is 1. The lowest BCUT2D eigenvalue weighted by Gasteiger charge is -2.12. The fraction of sp³-hybridized carbons (Fsp3) is 0.353. The highest BCUT2D eigenvalue weighted by Crippen LogP contribution is 2.39. The maximum absolute atomic E-state index is 11.7. The molecule has 0 spiro atoms. The van der Waals surface area contributed by atoms with Gasteiger partial charge in [0, 0.05) is 42.1 Å². The predicted octanol–water partition coefficient (Wildman–Crippen LogP) is 2.97. The Kier molecular flexibility index (Phi) is 5.58. The van der Waals surface area contributed by atoms with Gasteiger partial charge in [-0.25, -0.2) is 9.97 Å². The Balaban J connectivity index is 1.67. The molecule has 1 N–H and O–H groups in total. The third kappa shape index (κ3) is 3.99. The van der Waals surface area contributed by atoms with Crippen molar-refractivity contribution in [3.8, 4) is 16.9 Å². The van der Waals surface area contributed by atoms with Gasteiger partial charge in [0.25, 0.3) is 0 Å². The van der Waals surface area contributed by atoms with E-state index >= 15 is 0 Å². The number of ether oxygens (including phenoxy) is 1. The van der Waals surface area contributed by atoms with Gasteiger partial charge in [-0.05, 0) is 24.0 Å². The van der Waals surface area contributed by atoms with E-state index in [9.17, 15) is 4.79 Å². The monoisotopic (exact) mass is 363 g/mol. The van der Waals surface area contributed by atoms with Gasteiger partial charge in [-0.1, -0.05) is 11.6 Å². The normalized spacial score (nSPS) is 15.7. The summed E-state index contributed by atoms with van der Waals surface area (Å²) in [5, 5.41) is 3.49. The zero-order chi connectivity index (χ0) is 16.9. The summed E-state index contributed by atoms with van der Waals surface area (Å²) in [7, 11) is 0. The molecule has 2 aromatic rings. The molecule has 3 rings (SSSR count). The first kappa shape index (κ1) is 17.0. The van der Waals surface area contributed by atoms with Gasteiger partial charge in [-0.3, -0.25) is 4.79 Å². The van der Waals surface area contributed by atoms with Gasteiger partial charge in [0.1, 0.15) is 18.2 Å². The minimum atomic E-state index is -0.0852. The summed E-state index contributed by atoms with van der Waals surface area (Å²) >= 11 is 8.02. The standard InChI is InChI=1S/C17H18ClN3O2S/c1-24-3-2-16(22)21-9-14-5-12-4-11(6-15(18)17(12)23-14)13-7-19-10-20-8-13/h4,6-8,10,14H,2-3,5,9H2,1H3,(H,21,22)/t14-/m1/s1. The fourth-order valence-electron chi connectivity index (χ4n) is 2.63. The molecule has 0 saturated heterocycles. The van der Waals surface area contributed by atoms with Crippen LogP contribution in [0.15, 0.2) is 30.9 Å². The zero-order valence-corrected chi connectivity index (χ0v) is 14.9. The number of thioether (sulfide) groups is 1. The van der Waals surface area contributed by atoms with Gasteiger partial charge in [0.15, 0.2) is 0 Å². The molecular formula is C17H18ClN3O2S. The third-order valence-electron chi connectivity index (χ3n) is 3.81. The Bertz CT molecular complexity index is 727. The summed E-state index contributed by atoms with van der Waals surface area (Å²) in [5.41, 5.74) is 2.92. The molecular weight excluding hydrogens is 346 g/mol. The Labute approximate surface area is 150 Å². The van der Waals surface area contributed by atoms with Crippen LogP contribution in [-0.2, 0) is 11.2 Å². The third-order valence-corrected chi connectivity index (χ3v) is 4.70. The first-order chi connectivity index (χ1) is 11.7. The van der Waals surface area contributed by atoms with Crippen LogP contribution in [0.5, 0.6) is 5.75 Å². The fourth-order valence-corrected chi connectivity index (χ4v) is 3.30. The van der Waals surface area contributed by atoms with Crippen LogP contribution < -0.4 is 10.1 Å². The van der Waals surface area contributed by atoms with Gasteiger partial charge >= 0.3 is 0 Å². The molecule has 1 atom stereocenters. The quantitative estimate of drug-likeness (QED) is 0.854. The predicted molar refractivity (Wildman–Crippen MR) is 96.6 cm³/mol. The summed E-state index contributed by atoms with van der Waals surface area (Å²) in [6.45, 7) is 0.488. The van der Waals surface area contributed by atoms with E-state index in [4.69, 9.17) is 16.3 Å². The number of hydrogen-bond acceptors (Lipinski definition) is 5. The van der Waals surface area contributed by atoms with Gasteiger partial charge in [0.2, 0.25) is 5.91 Å². The second kappa shape index (κ2) is 7.85. The van der Waals surface area contributed by atoms with Crippen molar-refractivity contribution in [3.63, 3.8) is 0 Å². The number of rotatable bonds is 6. The molecule has 0 fully saturated rings. The summed E-state index contributed by atoms with van der Waals surface area (Å²) in [5.74, 6) is 1.59. The number of fused-ring (bicyclic) bond motifs is 1. The number of hydrogen-bond donors (Lipinski definition) is 1. The molecule has 0 bridgehead atoms.